The van der Waals surface area contributed by atoms with Crippen molar-refractivity contribution in [2.45, 2.75) is 19.3 Å². The summed E-state index contributed by atoms with van der Waals surface area (Å²) in [5.74, 6) is 0.982. The lowest BCUT2D eigenvalue weighted by molar-refractivity contribution is 0.318. The monoisotopic (exact) mass is 283 g/mol. The van der Waals surface area contributed by atoms with Gasteiger partial charge in [0.25, 0.3) is 0 Å². The maximum Gasteiger partial charge on any atom is 0.147 e. The molecule has 1 aromatic carbocycles. The van der Waals surface area contributed by atoms with Crippen LogP contribution in [0.15, 0.2) is 24.3 Å². The summed E-state index contributed by atoms with van der Waals surface area (Å²) in [5, 5.41) is 0. The van der Waals surface area contributed by atoms with Crippen LogP contribution in [0.4, 0.5) is 5.69 Å². The van der Waals surface area contributed by atoms with E-state index in [1.807, 2.05) is 12.1 Å². The van der Waals surface area contributed by atoms with E-state index in [2.05, 4.69) is 17.0 Å². The third-order valence-electron chi connectivity index (χ3n) is 3.24. The molecular formula is C14H21NO3S. The van der Waals surface area contributed by atoms with E-state index in [0.29, 0.717) is 13.0 Å². The minimum absolute atomic E-state index is 0.179. The molecule has 0 N–H and O–H groups in total. The van der Waals surface area contributed by atoms with Gasteiger partial charge in [-0.15, -0.1) is 0 Å². The third kappa shape index (κ3) is 4.74. The number of ether oxygens (including phenoxy) is 1. The van der Waals surface area contributed by atoms with Crippen LogP contribution in [-0.4, -0.2) is 40.1 Å². The Morgan fingerprint density at radius 3 is 2.37 bits per heavy atom. The first-order valence-electron chi connectivity index (χ1n) is 6.70. The molecule has 1 aliphatic heterocycles. The van der Waals surface area contributed by atoms with E-state index in [4.69, 9.17) is 4.74 Å². The Balaban J connectivity index is 1.78. The second-order valence-corrected chi connectivity index (χ2v) is 7.28. The van der Waals surface area contributed by atoms with Gasteiger partial charge in [-0.2, -0.15) is 0 Å². The molecule has 0 radical (unpaired) electrons. The first-order valence-corrected chi connectivity index (χ1v) is 8.76. The second-order valence-electron chi connectivity index (χ2n) is 5.02. The van der Waals surface area contributed by atoms with Gasteiger partial charge < -0.3 is 9.64 Å². The van der Waals surface area contributed by atoms with Crippen LogP contribution >= 0.6 is 0 Å². The molecule has 1 fully saturated rings. The molecule has 1 aliphatic rings. The predicted molar refractivity (Wildman–Crippen MR) is 77.7 cm³/mol. The van der Waals surface area contributed by atoms with Gasteiger partial charge in [-0.05, 0) is 43.5 Å². The average Bonchev–Trinajstić information content (AvgIpc) is 2.88. The Labute approximate surface area is 115 Å². The maximum absolute atomic E-state index is 11.0. The van der Waals surface area contributed by atoms with Gasteiger partial charge in [-0.1, -0.05) is 0 Å². The smallest absolute Gasteiger partial charge is 0.147 e. The zero-order valence-corrected chi connectivity index (χ0v) is 12.2. The molecule has 1 saturated heterocycles. The lowest BCUT2D eigenvalue weighted by Crippen LogP contribution is -2.17. The van der Waals surface area contributed by atoms with Crippen molar-refractivity contribution in [2.75, 3.05) is 36.6 Å². The molecule has 0 unspecified atom stereocenters. The van der Waals surface area contributed by atoms with Crippen molar-refractivity contribution in [3.8, 4) is 5.75 Å². The van der Waals surface area contributed by atoms with E-state index in [0.717, 1.165) is 18.8 Å². The number of hydrogen-bond donors (Lipinski definition) is 0. The maximum atomic E-state index is 11.0. The molecule has 0 aliphatic carbocycles. The lowest BCUT2D eigenvalue weighted by Gasteiger charge is -2.17. The largest absolute Gasteiger partial charge is 0.494 e. The van der Waals surface area contributed by atoms with Crippen LogP contribution in [0.2, 0.25) is 0 Å². The summed E-state index contributed by atoms with van der Waals surface area (Å²) < 4.78 is 27.5. The number of anilines is 1. The van der Waals surface area contributed by atoms with Crippen LogP contribution in [0.1, 0.15) is 19.3 Å². The van der Waals surface area contributed by atoms with Gasteiger partial charge in [0.2, 0.25) is 0 Å². The minimum Gasteiger partial charge on any atom is -0.494 e. The highest BCUT2D eigenvalue weighted by atomic mass is 32.2. The molecule has 1 aromatic rings. The molecule has 0 spiro atoms. The normalized spacial score (nSPS) is 15.7. The molecule has 2 rings (SSSR count). The number of hydrogen-bond acceptors (Lipinski definition) is 4. The van der Waals surface area contributed by atoms with Gasteiger partial charge in [0, 0.05) is 25.0 Å². The van der Waals surface area contributed by atoms with Crippen molar-refractivity contribution < 1.29 is 13.2 Å². The molecule has 0 amide bonds. The van der Waals surface area contributed by atoms with E-state index in [1.54, 1.807) is 0 Å². The molecule has 5 heteroatoms. The molecule has 4 nitrogen and oxygen atoms in total. The predicted octanol–water partition coefficient (Wildman–Crippen LogP) is 2.10. The Morgan fingerprint density at radius 2 is 1.79 bits per heavy atom. The Kier molecular flexibility index (Phi) is 4.69. The fourth-order valence-electron chi connectivity index (χ4n) is 2.24. The number of benzene rings is 1. The molecule has 0 bridgehead atoms. The van der Waals surface area contributed by atoms with E-state index in [1.165, 1.54) is 24.8 Å². The third-order valence-corrected chi connectivity index (χ3v) is 4.27. The van der Waals surface area contributed by atoms with E-state index < -0.39 is 9.84 Å². The van der Waals surface area contributed by atoms with Crippen LogP contribution in [0, 0.1) is 0 Å². The summed E-state index contributed by atoms with van der Waals surface area (Å²) in [6.45, 7) is 2.71. The molecule has 106 valence electrons. The van der Waals surface area contributed by atoms with Crippen LogP contribution in [0.25, 0.3) is 0 Å². The Hall–Kier alpha value is -1.23. The van der Waals surface area contributed by atoms with Crippen molar-refractivity contribution in [3.63, 3.8) is 0 Å². The molecule has 1 heterocycles. The fourth-order valence-corrected chi connectivity index (χ4v) is 2.88. The Bertz CT molecular complexity index is 490. The highest BCUT2D eigenvalue weighted by molar-refractivity contribution is 7.90. The standard InChI is InChI=1S/C14H21NO3S/c1-19(16,17)12-4-11-18-14-7-5-13(6-8-14)15-9-2-3-10-15/h5-8H,2-4,9-12H2,1H3. The van der Waals surface area contributed by atoms with Gasteiger partial charge >= 0.3 is 0 Å². The molecule has 0 saturated carbocycles. The zero-order chi connectivity index (χ0) is 13.7. The number of sulfone groups is 1. The van der Waals surface area contributed by atoms with E-state index >= 15 is 0 Å². The quantitative estimate of drug-likeness (QED) is 0.750. The SMILES string of the molecule is CS(=O)(=O)CCCOc1ccc(N2CCCC2)cc1. The molecule has 19 heavy (non-hydrogen) atoms. The zero-order valence-electron chi connectivity index (χ0n) is 11.3. The van der Waals surface area contributed by atoms with E-state index in [9.17, 15) is 8.42 Å². The van der Waals surface area contributed by atoms with Crippen molar-refractivity contribution in [1.29, 1.82) is 0 Å². The summed E-state index contributed by atoms with van der Waals surface area (Å²) >= 11 is 0. The lowest BCUT2D eigenvalue weighted by atomic mass is 10.3. The summed E-state index contributed by atoms with van der Waals surface area (Å²) in [5.41, 5.74) is 1.24. The second kappa shape index (κ2) is 6.28. The molecule has 0 aromatic heterocycles. The fraction of sp³-hybridized carbons (Fsp3) is 0.571. The van der Waals surface area contributed by atoms with Crippen LogP contribution < -0.4 is 9.64 Å². The summed E-state index contributed by atoms with van der Waals surface area (Å²) in [6, 6.07) is 8.04. The van der Waals surface area contributed by atoms with Gasteiger partial charge in [0.1, 0.15) is 15.6 Å². The summed E-state index contributed by atoms with van der Waals surface area (Å²) in [4.78, 5) is 2.37. The topological polar surface area (TPSA) is 46.6 Å². The Morgan fingerprint density at radius 1 is 1.16 bits per heavy atom. The van der Waals surface area contributed by atoms with Crippen LogP contribution in [0.3, 0.4) is 0 Å². The van der Waals surface area contributed by atoms with Crippen LogP contribution in [0.5, 0.6) is 5.75 Å². The average molecular weight is 283 g/mol. The first kappa shape index (κ1) is 14.2. The van der Waals surface area contributed by atoms with Gasteiger partial charge in [0.05, 0.1) is 12.4 Å². The molecule has 0 atom stereocenters. The number of rotatable bonds is 6. The van der Waals surface area contributed by atoms with Crippen molar-refractivity contribution >= 4 is 15.5 Å². The summed E-state index contributed by atoms with van der Waals surface area (Å²) in [6.07, 6.45) is 4.32. The highest BCUT2D eigenvalue weighted by Crippen LogP contribution is 2.22. The van der Waals surface area contributed by atoms with Gasteiger partial charge in [-0.25, -0.2) is 8.42 Å². The highest BCUT2D eigenvalue weighted by Gasteiger charge is 2.11. The van der Waals surface area contributed by atoms with Gasteiger partial charge in [0.15, 0.2) is 0 Å². The first-order chi connectivity index (χ1) is 9.04. The molecular weight excluding hydrogens is 262 g/mol. The van der Waals surface area contributed by atoms with Crippen molar-refractivity contribution in [2.24, 2.45) is 0 Å². The van der Waals surface area contributed by atoms with Gasteiger partial charge in [-0.3, -0.25) is 0 Å². The van der Waals surface area contributed by atoms with Crippen LogP contribution in [-0.2, 0) is 9.84 Å². The van der Waals surface area contributed by atoms with Crippen molar-refractivity contribution in [3.05, 3.63) is 24.3 Å². The minimum atomic E-state index is -2.88. The van der Waals surface area contributed by atoms with Crippen molar-refractivity contribution in [1.82, 2.24) is 0 Å². The van der Waals surface area contributed by atoms with E-state index in [-0.39, 0.29) is 5.75 Å². The number of nitrogens with zero attached hydrogens (tertiary/aromatic N) is 1. The summed E-state index contributed by atoms with van der Waals surface area (Å²) in [7, 11) is -2.88.